The Bertz CT molecular complexity index is 617. The molecule has 0 aromatic carbocycles. The molecular formula is C16H19N3OS. The smallest absolute Gasteiger partial charge is 0.157 e. The first-order chi connectivity index (χ1) is 10.2. The number of nitrogens with zero attached hydrogens (tertiary/aromatic N) is 2. The number of furan rings is 1. The van der Waals surface area contributed by atoms with E-state index in [2.05, 4.69) is 28.3 Å². The average molecular weight is 301 g/mol. The van der Waals surface area contributed by atoms with Gasteiger partial charge >= 0.3 is 0 Å². The molecule has 2 aromatic rings. The van der Waals surface area contributed by atoms with Gasteiger partial charge in [-0.1, -0.05) is 17.8 Å². The third-order valence-electron chi connectivity index (χ3n) is 3.55. The Labute approximate surface area is 129 Å². The maximum Gasteiger partial charge on any atom is 0.157 e. The first-order valence-corrected chi connectivity index (χ1v) is 8.11. The molecule has 0 bridgehead atoms. The molecule has 1 N–H and O–H groups in total. The van der Waals surface area contributed by atoms with Crippen molar-refractivity contribution in [3.8, 4) is 0 Å². The number of hydrogen-bond donors (Lipinski definition) is 1. The van der Waals surface area contributed by atoms with Gasteiger partial charge < -0.3 is 9.73 Å². The molecule has 0 radical (unpaired) electrons. The average Bonchev–Trinajstić information content (AvgIpc) is 3.10. The van der Waals surface area contributed by atoms with Gasteiger partial charge in [0.2, 0.25) is 0 Å². The van der Waals surface area contributed by atoms with Crippen LogP contribution in [-0.2, 0) is 6.42 Å². The molecule has 0 aliphatic carbocycles. The van der Waals surface area contributed by atoms with E-state index in [1.807, 2.05) is 31.3 Å². The van der Waals surface area contributed by atoms with Crippen LogP contribution in [0.3, 0.4) is 0 Å². The van der Waals surface area contributed by atoms with Crippen LogP contribution >= 0.6 is 11.8 Å². The summed E-state index contributed by atoms with van der Waals surface area (Å²) in [4.78, 5) is 8.90. The normalized spacial score (nSPS) is 15.8. The van der Waals surface area contributed by atoms with E-state index in [1.165, 1.54) is 5.56 Å². The van der Waals surface area contributed by atoms with E-state index in [-0.39, 0.29) is 6.04 Å². The van der Waals surface area contributed by atoms with Crippen molar-refractivity contribution >= 4 is 16.9 Å². The molecule has 2 aromatic heterocycles. The van der Waals surface area contributed by atoms with Gasteiger partial charge in [0, 0.05) is 24.1 Å². The van der Waals surface area contributed by atoms with E-state index < -0.39 is 0 Å². The lowest BCUT2D eigenvalue weighted by Crippen LogP contribution is -2.27. The molecule has 1 aliphatic heterocycles. The van der Waals surface area contributed by atoms with Gasteiger partial charge in [-0.15, -0.1) is 0 Å². The SMILES string of the molecule is Cc1cc(C(Cc2ccccn2)NC2=NCCS2)oc1C. The Kier molecular flexibility index (Phi) is 4.29. The summed E-state index contributed by atoms with van der Waals surface area (Å²) in [6.45, 7) is 4.96. The Morgan fingerprint density at radius 3 is 2.90 bits per heavy atom. The van der Waals surface area contributed by atoms with Gasteiger partial charge in [-0.3, -0.25) is 9.98 Å². The first kappa shape index (κ1) is 14.2. The van der Waals surface area contributed by atoms with E-state index >= 15 is 0 Å². The molecule has 1 unspecified atom stereocenters. The Hall–Kier alpha value is -1.75. The second-order valence-corrected chi connectivity index (χ2v) is 6.23. The number of pyridine rings is 1. The van der Waals surface area contributed by atoms with Crippen molar-refractivity contribution < 1.29 is 4.42 Å². The zero-order valence-corrected chi connectivity index (χ0v) is 13.1. The molecule has 3 heterocycles. The van der Waals surface area contributed by atoms with Crippen LogP contribution in [-0.4, -0.2) is 22.4 Å². The summed E-state index contributed by atoms with van der Waals surface area (Å²) in [5.74, 6) is 2.97. The van der Waals surface area contributed by atoms with Crippen molar-refractivity contribution in [1.29, 1.82) is 0 Å². The van der Waals surface area contributed by atoms with Crippen LogP contribution in [0.5, 0.6) is 0 Å². The van der Waals surface area contributed by atoms with Gasteiger partial charge in [0.1, 0.15) is 11.5 Å². The van der Waals surface area contributed by atoms with Gasteiger partial charge in [-0.2, -0.15) is 0 Å². The van der Waals surface area contributed by atoms with Crippen molar-refractivity contribution in [2.45, 2.75) is 26.3 Å². The van der Waals surface area contributed by atoms with Crippen molar-refractivity contribution in [3.63, 3.8) is 0 Å². The van der Waals surface area contributed by atoms with Crippen molar-refractivity contribution in [3.05, 3.63) is 53.2 Å². The quantitative estimate of drug-likeness (QED) is 0.941. The third-order valence-corrected chi connectivity index (χ3v) is 4.46. The number of hydrogen-bond acceptors (Lipinski definition) is 5. The number of aryl methyl sites for hydroxylation is 2. The number of aliphatic imine (C=N–C) groups is 1. The lowest BCUT2D eigenvalue weighted by molar-refractivity contribution is 0.426. The summed E-state index contributed by atoms with van der Waals surface area (Å²) in [6, 6.07) is 8.16. The Morgan fingerprint density at radius 1 is 1.38 bits per heavy atom. The first-order valence-electron chi connectivity index (χ1n) is 7.13. The summed E-state index contributed by atoms with van der Waals surface area (Å²) >= 11 is 1.76. The molecule has 0 spiro atoms. The summed E-state index contributed by atoms with van der Waals surface area (Å²) in [7, 11) is 0. The van der Waals surface area contributed by atoms with E-state index in [4.69, 9.17) is 4.42 Å². The van der Waals surface area contributed by atoms with Crippen molar-refractivity contribution in [2.24, 2.45) is 4.99 Å². The zero-order valence-electron chi connectivity index (χ0n) is 12.3. The van der Waals surface area contributed by atoms with E-state index in [9.17, 15) is 0 Å². The van der Waals surface area contributed by atoms with Crippen LogP contribution in [0.1, 0.15) is 28.8 Å². The Morgan fingerprint density at radius 2 is 2.29 bits per heavy atom. The molecule has 0 fully saturated rings. The summed E-state index contributed by atoms with van der Waals surface area (Å²) < 4.78 is 5.90. The third kappa shape index (κ3) is 3.47. The molecular weight excluding hydrogens is 282 g/mol. The molecule has 21 heavy (non-hydrogen) atoms. The highest BCUT2D eigenvalue weighted by atomic mass is 32.2. The van der Waals surface area contributed by atoms with Gasteiger partial charge in [0.05, 0.1) is 12.6 Å². The summed E-state index contributed by atoms with van der Waals surface area (Å²) in [6.07, 6.45) is 2.61. The molecule has 4 nitrogen and oxygen atoms in total. The predicted octanol–water partition coefficient (Wildman–Crippen LogP) is 3.27. The monoisotopic (exact) mass is 301 g/mol. The van der Waals surface area contributed by atoms with E-state index in [0.29, 0.717) is 0 Å². The predicted molar refractivity (Wildman–Crippen MR) is 86.8 cm³/mol. The zero-order chi connectivity index (χ0) is 14.7. The topological polar surface area (TPSA) is 50.4 Å². The fraction of sp³-hybridized carbons (Fsp3) is 0.375. The molecule has 0 saturated carbocycles. The van der Waals surface area contributed by atoms with Crippen LogP contribution in [0.2, 0.25) is 0 Å². The van der Waals surface area contributed by atoms with Crippen molar-refractivity contribution in [1.82, 2.24) is 10.3 Å². The minimum absolute atomic E-state index is 0.0663. The van der Waals surface area contributed by atoms with Crippen LogP contribution in [0.15, 0.2) is 39.9 Å². The van der Waals surface area contributed by atoms with Crippen LogP contribution in [0.4, 0.5) is 0 Å². The lowest BCUT2D eigenvalue weighted by Gasteiger charge is -2.17. The molecule has 5 heteroatoms. The molecule has 1 aliphatic rings. The molecule has 1 atom stereocenters. The largest absolute Gasteiger partial charge is 0.464 e. The standard InChI is InChI=1S/C16H19N3OS/c1-11-9-15(20-12(11)2)14(19-16-18-7-8-21-16)10-13-5-3-4-6-17-13/h3-6,9,14H,7-8,10H2,1-2H3,(H,18,19). The summed E-state index contributed by atoms with van der Waals surface area (Å²) in [5, 5.41) is 4.50. The summed E-state index contributed by atoms with van der Waals surface area (Å²) in [5.41, 5.74) is 2.23. The molecule has 3 rings (SSSR count). The molecule has 0 saturated heterocycles. The van der Waals surface area contributed by atoms with E-state index in [1.54, 1.807) is 11.8 Å². The van der Waals surface area contributed by atoms with Crippen LogP contribution < -0.4 is 5.32 Å². The highest BCUT2D eigenvalue weighted by Gasteiger charge is 2.20. The molecule has 110 valence electrons. The maximum atomic E-state index is 5.90. The number of aromatic nitrogens is 1. The fourth-order valence-electron chi connectivity index (χ4n) is 2.30. The number of rotatable bonds is 4. The number of amidine groups is 1. The fourth-order valence-corrected chi connectivity index (χ4v) is 3.08. The van der Waals surface area contributed by atoms with Gasteiger partial charge in [0.15, 0.2) is 5.17 Å². The lowest BCUT2D eigenvalue weighted by atomic mass is 10.1. The van der Waals surface area contributed by atoms with Crippen molar-refractivity contribution in [2.75, 3.05) is 12.3 Å². The highest BCUT2D eigenvalue weighted by Crippen LogP contribution is 2.24. The second kappa shape index (κ2) is 6.35. The van der Waals surface area contributed by atoms with E-state index in [0.717, 1.165) is 41.1 Å². The van der Waals surface area contributed by atoms with Gasteiger partial charge in [-0.05, 0) is 37.6 Å². The van der Waals surface area contributed by atoms with Crippen LogP contribution in [0.25, 0.3) is 0 Å². The van der Waals surface area contributed by atoms with Gasteiger partial charge in [0.25, 0.3) is 0 Å². The number of nitrogens with one attached hydrogen (secondary N) is 1. The minimum Gasteiger partial charge on any atom is -0.464 e. The van der Waals surface area contributed by atoms with Crippen LogP contribution in [0, 0.1) is 13.8 Å². The maximum absolute atomic E-state index is 5.90. The Balaban J connectivity index is 1.83. The van der Waals surface area contributed by atoms with Gasteiger partial charge in [-0.25, -0.2) is 0 Å². The highest BCUT2D eigenvalue weighted by molar-refractivity contribution is 8.14. The number of thioether (sulfide) groups is 1. The second-order valence-electron chi connectivity index (χ2n) is 5.15. The minimum atomic E-state index is 0.0663. The molecule has 0 amide bonds.